The first kappa shape index (κ1) is 22.4. The molecule has 0 bridgehead atoms. The van der Waals surface area contributed by atoms with Crippen LogP contribution in [0.4, 0.5) is 0 Å². The monoisotopic (exact) mass is 236 g/mol. The van der Waals surface area contributed by atoms with Crippen LogP contribution in [0.25, 0.3) is 0 Å². The van der Waals surface area contributed by atoms with Gasteiger partial charge in [0.05, 0.1) is 0 Å². The number of carbonyl (C=O) groups excluding carboxylic acids is 2. The van der Waals surface area contributed by atoms with Crippen molar-refractivity contribution < 1.29 is 58.6 Å². The molecule has 0 saturated heterocycles. The first-order valence-corrected chi connectivity index (χ1v) is 1.82. The fraction of sp³-hybridized carbons (Fsp3) is 0.500. The summed E-state index contributed by atoms with van der Waals surface area (Å²) in [5, 5.41) is 0. The molecule has 0 amide bonds. The van der Waals surface area contributed by atoms with Gasteiger partial charge in [0, 0.05) is 13.8 Å². The number of hydrogen-bond acceptors (Lipinski definition) is 3. The molecule has 0 saturated carbocycles. The maximum absolute atomic E-state index is 9.81. The van der Waals surface area contributed by atoms with Crippen LogP contribution in [0.1, 0.15) is 13.8 Å². The second-order valence-electron chi connectivity index (χ2n) is 1.09. The van der Waals surface area contributed by atoms with Crippen molar-refractivity contribution in [3.8, 4) is 0 Å². The van der Waals surface area contributed by atoms with Crippen molar-refractivity contribution in [2.45, 2.75) is 13.8 Å². The Labute approximate surface area is 84.5 Å². The van der Waals surface area contributed by atoms with Gasteiger partial charge < -0.3 is 29.6 Å². The average molecular weight is 238 g/mol. The Balaban J connectivity index is -0.0000000600. The maximum Gasteiger partial charge on any atom is 2.00 e. The molecule has 0 aromatic heterocycles. The normalized spacial score (nSPS) is 5.40. The number of esters is 2. The minimum absolute atomic E-state index is 0. The van der Waals surface area contributed by atoms with Crippen LogP contribution in [-0.2, 0) is 33.8 Å². The van der Waals surface area contributed by atoms with Crippen LogP contribution in [0.5, 0.6) is 0 Å². The van der Waals surface area contributed by atoms with Gasteiger partial charge in [0.2, 0.25) is 0 Å². The van der Waals surface area contributed by atoms with E-state index in [-0.39, 0.29) is 44.3 Å². The van der Waals surface area contributed by atoms with Crippen molar-refractivity contribution in [3.63, 3.8) is 0 Å². The predicted octanol–water partition coefficient (Wildman–Crippen LogP) is -5.90. The molecule has 0 fully saturated rings. The van der Waals surface area contributed by atoms with Crippen molar-refractivity contribution in [2.75, 3.05) is 0 Å². The minimum atomic E-state index is -0.562. The van der Waals surface area contributed by atoms with Crippen LogP contribution < -0.4 is 24.8 Å². The van der Waals surface area contributed by atoms with Gasteiger partial charge in [-0.05, 0) is 0 Å². The molecular formula is C4H6Cl2O3Zn. The van der Waals surface area contributed by atoms with E-state index in [2.05, 4.69) is 4.74 Å². The molecule has 0 radical (unpaired) electrons. The molecule has 0 rings (SSSR count). The molecule has 0 aliphatic heterocycles. The molecule has 6 heteroatoms. The summed E-state index contributed by atoms with van der Waals surface area (Å²) in [5.74, 6) is -1.12. The SMILES string of the molecule is CC(=O)OC(C)=O.[Cl-].[Cl-].[Zn+2]. The molecule has 0 aromatic carbocycles. The van der Waals surface area contributed by atoms with Crippen LogP contribution in [0.3, 0.4) is 0 Å². The molecule has 0 aliphatic rings. The summed E-state index contributed by atoms with van der Waals surface area (Å²) in [7, 11) is 0. The Morgan fingerprint density at radius 1 is 1.00 bits per heavy atom. The topological polar surface area (TPSA) is 43.4 Å². The van der Waals surface area contributed by atoms with E-state index in [1.165, 1.54) is 13.8 Å². The summed E-state index contributed by atoms with van der Waals surface area (Å²) in [6, 6.07) is 0. The summed E-state index contributed by atoms with van der Waals surface area (Å²) in [5.41, 5.74) is 0. The third kappa shape index (κ3) is 23.8. The smallest absolute Gasteiger partial charge is 1.00 e. The van der Waals surface area contributed by atoms with Gasteiger partial charge in [-0.15, -0.1) is 0 Å². The zero-order valence-corrected chi connectivity index (χ0v) is 10.2. The summed E-state index contributed by atoms with van der Waals surface area (Å²) < 4.78 is 3.97. The van der Waals surface area contributed by atoms with Crippen molar-refractivity contribution >= 4 is 11.9 Å². The quantitative estimate of drug-likeness (QED) is 0.240. The van der Waals surface area contributed by atoms with Crippen LogP contribution in [0, 0.1) is 0 Å². The van der Waals surface area contributed by atoms with Crippen LogP contribution >= 0.6 is 0 Å². The van der Waals surface area contributed by atoms with Crippen LogP contribution in [0.15, 0.2) is 0 Å². The number of hydrogen-bond donors (Lipinski definition) is 0. The molecule has 0 N–H and O–H groups in total. The zero-order chi connectivity index (χ0) is 5.86. The molecule has 0 aliphatic carbocycles. The summed E-state index contributed by atoms with van der Waals surface area (Å²) in [6.45, 7) is 2.36. The van der Waals surface area contributed by atoms with E-state index >= 15 is 0 Å². The van der Waals surface area contributed by atoms with E-state index in [0.717, 1.165) is 0 Å². The average Bonchev–Trinajstić information content (AvgIpc) is 1.27. The zero-order valence-electron chi connectivity index (χ0n) is 5.69. The van der Waals surface area contributed by atoms with E-state index in [1.54, 1.807) is 0 Å². The summed E-state index contributed by atoms with van der Waals surface area (Å²) >= 11 is 0. The Bertz CT molecular complexity index is 94.7. The van der Waals surface area contributed by atoms with Crippen molar-refractivity contribution in [1.82, 2.24) is 0 Å². The first-order chi connectivity index (χ1) is 3.13. The standard InChI is InChI=1S/C4H6O3.2ClH.Zn/c1-3(5)7-4(2)6;;;/h1-2H3;2*1H;/q;;;+2/p-2. The van der Waals surface area contributed by atoms with Gasteiger partial charge >= 0.3 is 31.4 Å². The Kier molecular flexibility index (Phi) is 27.1. The Morgan fingerprint density at radius 3 is 1.20 bits per heavy atom. The van der Waals surface area contributed by atoms with E-state index in [4.69, 9.17) is 0 Å². The first-order valence-electron chi connectivity index (χ1n) is 1.82. The van der Waals surface area contributed by atoms with Gasteiger partial charge in [0.1, 0.15) is 0 Å². The van der Waals surface area contributed by atoms with Crippen molar-refractivity contribution in [2.24, 2.45) is 0 Å². The van der Waals surface area contributed by atoms with Crippen LogP contribution in [0.2, 0.25) is 0 Å². The molecule has 0 unspecified atom stereocenters. The van der Waals surface area contributed by atoms with Gasteiger partial charge in [-0.25, -0.2) is 0 Å². The second-order valence-corrected chi connectivity index (χ2v) is 1.09. The molecule has 10 heavy (non-hydrogen) atoms. The van der Waals surface area contributed by atoms with Gasteiger partial charge in [0.25, 0.3) is 0 Å². The minimum Gasteiger partial charge on any atom is -1.00 e. The van der Waals surface area contributed by atoms with E-state index < -0.39 is 11.9 Å². The number of rotatable bonds is 0. The Hall–Kier alpha value is 0.343. The predicted molar refractivity (Wildman–Crippen MR) is 22.4 cm³/mol. The molecule has 56 valence electrons. The molecule has 0 spiro atoms. The largest absolute Gasteiger partial charge is 2.00 e. The van der Waals surface area contributed by atoms with Gasteiger partial charge in [-0.2, -0.15) is 0 Å². The second kappa shape index (κ2) is 12.1. The van der Waals surface area contributed by atoms with E-state index in [0.29, 0.717) is 0 Å². The van der Waals surface area contributed by atoms with E-state index in [9.17, 15) is 9.59 Å². The van der Waals surface area contributed by atoms with Gasteiger partial charge in [0.15, 0.2) is 0 Å². The fourth-order valence-electron chi connectivity index (χ4n) is 0.202. The van der Waals surface area contributed by atoms with Crippen LogP contribution in [-0.4, -0.2) is 11.9 Å². The number of ether oxygens (including phenoxy) is 1. The van der Waals surface area contributed by atoms with Crippen molar-refractivity contribution in [1.29, 1.82) is 0 Å². The summed E-state index contributed by atoms with van der Waals surface area (Å²) in [6.07, 6.45) is 0. The van der Waals surface area contributed by atoms with Gasteiger partial charge in [-0.3, -0.25) is 9.59 Å². The van der Waals surface area contributed by atoms with E-state index in [1.807, 2.05) is 0 Å². The van der Waals surface area contributed by atoms with Gasteiger partial charge in [-0.1, -0.05) is 0 Å². The fourth-order valence-corrected chi connectivity index (χ4v) is 0.202. The molecule has 3 nitrogen and oxygen atoms in total. The molecule has 0 aromatic rings. The molecular weight excluding hydrogens is 232 g/mol. The van der Waals surface area contributed by atoms with Crippen molar-refractivity contribution in [3.05, 3.63) is 0 Å². The third-order valence-corrected chi connectivity index (χ3v) is 0.287. The molecule has 0 atom stereocenters. The molecule has 0 heterocycles. The Morgan fingerprint density at radius 2 is 1.20 bits per heavy atom. The number of carbonyl (C=O) groups is 2. The number of halogens is 2. The third-order valence-electron chi connectivity index (χ3n) is 0.287. The summed E-state index contributed by atoms with van der Waals surface area (Å²) in [4.78, 5) is 19.6. The maximum atomic E-state index is 9.81.